The van der Waals surface area contributed by atoms with Crippen LogP contribution in [0.5, 0.6) is 5.75 Å². The molecule has 0 saturated carbocycles. The molecule has 0 aliphatic carbocycles. The number of anilines is 1. The largest absolute Gasteiger partial charge is 0.494 e. The van der Waals surface area contributed by atoms with Crippen LogP contribution in [-0.2, 0) is 16.4 Å². The van der Waals surface area contributed by atoms with E-state index < -0.39 is 21.4 Å². The van der Waals surface area contributed by atoms with Gasteiger partial charge in [-0.1, -0.05) is 18.2 Å². The van der Waals surface area contributed by atoms with Gasteiger partial charge in [-0.05, 0) is 29.8 Å². The van der Waals surface area contributed by atoms with Crippen LogP contribution < -0.4 is 9.64 Å². The molecule has 5 nitrogen and oxygen atoms in total. The predicted octanol–water partition coefficient (Wildman–Crippen LogP) is 3.15. The van der Waals surface area contributed by atoms with Crippen LogP contribution in [0.3, 0.4) is 0 Å². The summed E-state index contributed by atoms with van der Waals surface area (Å²) in [4.78, 5) is 3.54. The van der Waals surface area contributed by atoms with E-state index in [0.717, 1.165) is 5.56 Å². The summed E-state index contributed by atoms with van der Waals surface area (Å²) in [6.07, 6.45) is 0. The van der Waals surface area contributed by atoms with Gasteiger partial charge in [0, 0.05) is 32.7 Å². The molecule has 3 rings (SSSR count). The van der Waals surface area contributed by atoms with Gasteiger partial charge in [-0.3, -0.25) is 4.90 Å². The topological polar surface area (TPSA) is 49.9 Å². The average molecular weight is 414 g/mol. The number of piperazine rings is 1. The number of alkyl halides is 2. The lowest BCUT2D eigenvalue weighted by Gasteiger charge is -2.36. The van der Waals surface area contributed by atoms with Gasteiger partial charge < -0.3 is 9.64 Å². The van der Waals surface area contributed by atoms with Crippen molar-refractivity contribution in [3.8, 4) is 5.75 Å². The standard InChI is InChI=1S/C19H21F3N2O3S/c1-27-17-7-6-14(12-15(17)20)13-23-8-10-24(11-9-23)16-4-2-3-5-18(16)28(25,26)19(21)22/h2-7,12,19H,8-11,13H2,1H3. The molecule has 1 saturated heterocycles. The van der Waals surface area contributed by atoms with E-state index in [1.54, 1.807) is 29.2 Å². The molecule has 0 aromatic heterocycles. The molecule has 152 valence electrons. The van der Waals surface area contributed by atoms with Crippen molar-refractivity contribution in [3.63, 3.8) is 0 Å². The zero-order valence-electron chi connectivity index (χ0n) is 15.3. The zero-order chi connectivity index (χ0) is 20.3. The first-order valence-electron chi connectivity index (χ1n) is 8.73. The lowest BCUT2D eigenvalue weighted by atomic mass is 10.1. The van der Waals surface area contributed by atoms with E-state index in [1.807, 2.05) is 0 Å². The van der Waals surface area contributed by atoms with Gasteiger partial charge in [0.15, 0.2) is 11.6 Å². The number of sulfone groups is 1. The number of nitrogens with zero attached hydrogens (tertiary/aromatic N) is 2. The van der Waals surface area contributed by atoms with Crippen molar-refractivity contribution in [1.29, 1.82) is 0 Å². The Bertz CT molecular complexity index is 930. The van der Waals surface area contributed by atoms with Gasteiger partial charge in [0.2, 0.25) is 9.84 Å². The lowest BCUT2D eigenvalue weighted by Crippen LogP contribution is -2.46. The quantitative estimate of drug-likeness (QED) is 0.727. The Morgan fingerprint density at radius 3 is 2.36 bits per heavy atom. The monoisotopic (exact) mass is 414 g/mol. The van der Waals surface area contributed by atoms with Crippen LogP contribution in [0.1, 0.15) is 5.56 Å². The Kier molecular flexibility index (Phi) is 6.14. The molecular weight excluding hydrogens is 393 g/mol. The minimum atomic E-state index is -4.67. The maximum Gasteiger partial charge on any atom is 0.341 e. The maximum absolute atomic E-state index is 13.8. The average Bonchev–Trinajstić information content (AvgIpc) is 2.68. The Morgan fingerprint density at radius 2 is 1.75 bits per heavy atom. The molecule has 0 atom stereocenters. The summed E-state index contributed by atoms with van der Waals surface area (Å²) >= 11 is 0. The molecule has 2 aromatic carbocycles. The van der Waals surface area contributed by atoms with Gasteiger partial charge in [0.05, 0.1) is 17.7 Å². The van der Waals surface area contributed by atoms with E-state index in [4.69, 9.17) is 4.74 Å². The maximum atomic E-state index is 13.8. The highest BCUT2D eigenvalue weighted by Gasteiger charge is 2.31. The molecule has 0 spiro atoms. The first-order chi connectivity index (χ1) is 13.3. The Morgan fingerprint density at radius 1 is 1.07 bits per heavy atom. The first-order valence-corrected chi connectivity index (χ1v) is 10.3. The van der Waals surface area contributed by atoms with Gasteiger partial charge in [-0.25, -0.2) is 12.8 Å². The summed E-state index contributed by atoms with van der Waals surface area (Å²) in [6, 6.07) is 10.6. The van der Waals surface area contributed by atoms with Crippen LogP contribution in [0.2, 0.25) is 0 Å². The number of benzene rings is 2. The molecule has 1 aliphatic rings. The molecule has 0 bridgehead atoms. The first kappa shape index (κ1) is 20.5. The third kappa shape index (κ3) is 4.25. The summed E-state index contributed by atoms with van der Waals surface area (Å²) in [5, 5.41) is 0. The van der Waals surface area contributed by atoms with Gasteiger partial charge in [0.25, 0.3) is 0 Å². The highest BCUT2D eigenvalue weighted by atomic mass is 32.2. The van der Waals surface area contributed by atoms with Crippen molar-refractivity contribution < 1.29 is 26.3 Å². The summed E-state index contributed by atoms with van der Waals surface area (Å²) in [5.74, 6) is -3.70. The van der Waals surface area contributed by atoms with Gasteiger partial charge in [-0.15, -0.1) is 0 Å². The van der Waals surface area contributed by atoms with Crippen LogP contribution in [0, 0.1) is 5.82 Å². The van der Waals surface area contributed by atoms with Crippen LogP contribution in [-0.4, -0.2) is 52.4 Å². The van der Waals surface area contributed by atoms with Crippen molar-refractivity contribution in [2.45, 2.75) is 17.2 Å². The third-order valence-corrected chi connectivity index (χ3v) is 6.17. The van der Waals surface area contributed by atoms with Crippen molar-refractivity contribution in [2.75, 3.05) is 38.2 Å². The summed E-state index contributed by atoms with van der Waals surface area (Å²) in [6.45, 7) is 2.68. The van der Waals surface area contributed by atoms with Crippen molar-refractivity contribution >= 4 is 15.5 Å². The molecular formula is C19H21F3N2O3S. The number of halogens is 3. The van der Waals surface area contributed by atoms with E-state index in [-0.39, 0.29) is 16.3 Å². The second kappa shape index (κ2) is 8.40. The number of rotatable bonds is 6. The molecule has 1 heterocycles. The van der Waals surface area contributed by atoms with E-state index in [1.165, 1.54) is 25.3 Å². The smallest absolute Gasteiger partial charge is 0.341 e. The van der Waals surface area contributed by atoms with E-state index in [0.29, 0.717) is 32.7 Å². The molecule has 1 fully saturated rings. The molecule has 28 heavy (non-hydrogen) atoms. The number of ether oxygens (including phenoxy) is 1. The second-order valence-corrected chi connectivity index (χ2v) is 8.39. The molecule has 0 amide bonds. The molecule has 1 aliphatic heterocycles. The molecule has 0 unspecified atom stereocenters. The van der Waals surface area contributed by atoms with Crippen molar-refractivity contribution in [1.82, 2.24) is 4.90 Å². The number of methoxy groups -OCH3 is 1. The number of para-hydroxylation sites is 1. The van der Waals surface area contributed by atoms with Gasteiger partial charge >= 0.3 is 5.76 Å². The SMILES string of the molecule is COc1ccc(CN2CCN(c3ccccc3S(=O)(=O)C(F)F)CC2)cc1F. The Balaban J connectivity index is 1.69. The molecule has 0 radical (unpaired) electrons. The minimum absolute atomic E-state index is 0.186. The van der Waals surface area contributed by atoms with Gasteiger partial charge in [0.1, 0.15) is 0 Å². The Labute approximate surface area is 162 Å². The predicted molar refractivity (Wildman–Crippen MR) is 100 cm³/mol. The van der Waals surface area contributed by atoms with E-state index in [9.17, 15) is 21.6 Å². The number of hydrogen-bond donors (Lipinski definition) is 0. The van der Waals surface area contributed by atoms with E-state index >= 15 is 0 Å². The normalized spacial score (nSPS) is 15.8. The fourth-order valence-corrected chi connectivity index (χ4v) is 4.22. The molecule has 2 aromatic rings. The molecule has 0 N–H and O–H groups in total. The third-order valence-electron chi connectivity index (χ3n) is 4.74. The van der Waals surface area contributed by atoms with E-state index in [2.05, 4.69) is 4.90 Å². The molecule has 9 heteroatoms. The summed E-state index contributed by atoms with van der Waals surface area (Å²) in [5.41, 5.74) is 1.09. The van der Waals surface area contributed by atoms with Crippen molar-refractivity contribution in [3.05, 3.63) is 53.8 Å². The van der Waals surface area contributed by atoms with Gasteiger partial charge in [-0.2, -0.15) is 8.78 Å². The lowest BCUT2D eigenvalue weighted by molar-refractivity contribution is 0.234. The van der Waals surface area contributed by atoms with Crippen LogP contribution >= 0.6 is 0 Å². The van der Waals surface area contributed by atoms with Crippen molar-refractivity contribution in [2.24, 2.45) is 0 Å². The Hall–Kier alpha value is -2.26. The highest BCUT2D eigenvalue weighted by Crippen LogP contribution is 2.30. The number of hydrogen-bond acceptors (Lipinski definition) is 5. The minimum Gasteiger partial charge on any atom is -0.494 e. The highest BCUT2D eigenvalue weighted by molar-refractivity contribution is 7.91. The second-order valence-electron chi connectivity index (χ2n) is 6.51. The fraction of sp³-hybridized carbons (Fsp3) is 0.368. The fourth-order valence-electron chi connectivity index (χ4n) is 3.27. The summed E-state index contributed by atoms with van der Waals surface area (Å²) < 4.78 is 68.6. The summed E-state index contributed by atoms with van der Waals surface area (Å²) in [7, 11) is -3.27. The van der Waals surface area contributed by atoms with Crippen LogP contribution in [0.25, 0.3) is 0 Å². The van der Waals surface area contributed by atoms with Crippen LogP contribution in [0.15, 0.2) is 47.4 Å². The zero-order valence-corrected chi connectivity index (χ0v) is 16.1. The van der Waals surface area contributed by atoms with Crippen LogP contribution in [0.4, 0.5) is 18.9 Å².